The van der Waals surface area contributed by atoms with Crippen LogP contribution in [0.3, 0.4) is 0 Å². The summed E-state index contributed by atoms with van der Waals surface area (Å²) in [6, 6.07) is 20.1. The molecule has 3 rings (SSSR count). The van der Waals surface area contributed by atoms with Gasteiger partial charge in [0.2, 0.25) is 0 Å². The molecule has 0 spiro atoms. The summed E-state index contributed by atoms with van der Waals surface area (Å²) in [4.78, 5) is 15.5. The van der Waals surface area contributed by atoms with Crippen LogP contribution in [0.2, 0.25) is 0 Å². The second kappa shape index (κ2) is 18.3. The number of nitrogens with zero attached hydrogens (tertiary/aromatic N) is 2. The number of aromatic nitrogens is 1. The Hall–Kier alpha value is -3.14. The van der Waals surface area contributed by atoms with Crippen molar-refractivity contribution in [1.29, 1.82) is 0 Å². The summed E-state index contributed by atoms with van der Waals surface area (Å²) in [5.74, 6) is 0.966. The van der Waals surface area contributed by atoms with Gasteiger partial charge in [0.25, 0.3) is 5.91 Å². The van der Waals surface area contributed by atoms with Gasteiger partial charge < -0.3 is 9.64 Å². The maximum Gasteiger partial charge on any atom is 0.254 e. The van der Waals surface area contributed by atoms with Gasteiger partial charge in [0, 0.05) is 37.2 Å². The van der Waals surface area contributed by atoms with Crippen molar-refractivity contribution in [2.24, 2.45) is 0 Å². The van der Waals surface area contributed by atoms with Crippen LogP contribution in [0.1, 0.15) is 112 Å². The van der Waals surface area contributed by atoms with Crippen LogP contribution in [-0.4, -0.2) is 17.4 Å². The van der Waals surface area contributed by atoms with Gasteiger partial charge in [-0.1, -0.05) is 95.9 Å². The van der Waals surface area contributed by atoms with Gasteiger partial charge in [-0.2, -0.15) is 0 Å². The third kappa shape index (κ3) is 11.2. The van der Waals surface area contributed by atoms with Crippen molar-refractivity contribution in [1.82, 2.24) is 4.90 Å². The first kappa shape index (κ1) is 31.4. The van der Waals surface area contributed by atoms with Crippen LogP contribution < -0.4 is 9.30 Å². The first-order valence-corrected chi connectivity index (χ1v) is 15.6. The minimum absolute atomic E-state index is 0.0478. The molecule has 0 aliphatic rings. The van der Waals surface area contributed by atoms with Crippen LogP contribution in [0.25, 0.3) is 0 Å². The molecule has 0 bridgehead atoms. The topological polar surface area (TPSA) is 33.4 Å². The number of carbonyl (C=O) groups excluding carboxylic acids is 1. The van der Waals surface area contributed by atoms with E-state index in [2.05, 4.69) is 68.1 Å². The molecule has 0 saturated carbocycles. The van der Waals surface area contributed by atoms with E-state index in [9.17, 15) is 4.79 Å². The molecule has 1 heterocycles. The number of amides is 1. The zero-order valence-corrected chi connectivity index (χ0v) is 25.2. The fraction of sp³-hybridized carbons (Fsp3) is 0.500. The average Bonchev–Trinajstić information content (AvgIpc) is 2.98. The van der Waals surface area contributed by atoms with Gasteiger partial charge in [0.1, 0.15) is 12.3 Å². The first-order chi connectivity index (χ1) is 19.6. The van der Waals surface area contributed by atoms with E-state index in [0.29, 0.717) is 18.7 Å². The van der Waals surface area contributed by atoms with E-state index in [4.69, 9.17) is 4.74 Å². The van der Waals surface area contributed by atoms with Gasteiger partial charge in [-0.3, -0.25) is 4.79 Å². The van der Waals surface area contributed by atoms with E-state index in [1.807, 2.05) is 35.2 Å². The molecule has 0 saturated heterocycles. The largest absolute Gasteiger partial charge is 0.494 e. The molecule has 0 unspecified atom stereocenters. The fourth-order valence-electron chi connectivity index (χ4n) is 5.10. The van der Waals surface area contributed by atoms with Crippen molar-refractivity contribution >= 4 is 5.91 Å². The van der Waals surface area contributed by atoms with Gasteiger partial charge in [0.15, 0.2) is 12.4 Å². The Morgan fingerprint density at radius 3 is 2.02 bits per heavy atom. The van der Waals surface area contributed by atoms with Crippen molar-refractivity contribution < 1.29 is 14.1 Å². The third-order valence-corrected chi connectivity index (χ3v) is 7.57. The Kier molecular flexibility index (Phi) is 14.3. The molecule has 0 aliphatic carbocycles. The van der Waals surface area contributed by atoms with Crippen molar-refractivity contribution in [3.63, 3.8) is 0 Å². The summed E-state index contributed by atoms with van der Waals surface area (Å²) in [6.45, 7) is 9.45. The number of rotatable bonds is 19. The van der Waals surface area contributed by atoms with Gasteiger partial charge in [-0.25, -0.2) is 4.57 Å². The number of benzene rings is 2. The Morgan fingerprint density at radius 2 is 1.40 bits per heavy atom. The fourth-order valence-corrected chi connectivity index (χ4v) is 5.10. The van der Waals surface area contributed by atoms with Crippen LogP contribution >= 0.6 is 0 Å². The molecule has 1 amide bonds. The molecule has 0 fully saturated rings. The predicted molar refractivity (Wildman–Crippen MR) is 165 cm³/mol. The summed E-state index contributed by atoms with van der Waals surface area (Å²) in [6.07, 6.45) is 18.6. The van der Waals surface area contributed by atoms with Crippen LogP contribution in [-0.2, 0) is 19.6 Å². The number of hydrogen-bond acceptors (Lipinski definition) is 2. The van der Waals surface area contributed by atoms with Crippen LogP contribution in [0.4, 0.5) is 0 Å². The maximum absolute atomic E-state index is 13.5. The Labute approximate surface area is 243 Å². The lowest BCUT2D eigenvalue weighted by Gasteiger charge is -2.24. The van der Waals surface area contributed by atoms with E-state index >= 15 is 0 Å². The molecule has 0 atom stereocenters. The molecule has 1 aromatic heterocycles. The van der Waals surface area contributed by atoms with Gasteiger partial charge in [-0.15, -0.1) is 0 Å². The lowest BCUT2D eigenvalue weighted by molar-refractivity contribution is -0.697. The molecular formula is C36H51N2O2+. The molecule has 4 heteroatoms. The normalized spacial score (nSPS) is 11.0. The van der Waals surface area contributed by atoms with Crippen molar-refractivity contribution in [3.05, 3.63) is 95.3 Å². The Morgan fingerprint density at radius 1 is 0.750 bits per heavy atom. The lowest BCUT2D eigenvalue weighted by atomic mass is 10.1. The molecule has 0 radical (unpaired) electrons. The summed E-state index contributed by atoms with van der Waals surface area (Å²) in [5.41, 5.74) is 4.15. The molecule has 2 aromatic carbocycles. The van der Waals surface area contributed by atoms with Crippen LogP contribution in [0.15, 0.2) is 73.1 Å². The second-order valence-corrected chi connectivity index (χ2v) is 11.1. The minimum Gasteiger partial charge on any atom is -0.494 e. The van der Waals surface area contributed by atoms with Crippen molar-refractivity contribution in [3.8, 4) is 5.75 Å². The highest BCUT2D eigenvalue weighted by molar-refractivity contribution is 5.94. The lowest BCUT2D eigenvalue weighted by Crippen LogP contribution is -2.33. The highest BCUT2D eigenvalue weighted by Gasteiger charge is 2.18. The van der Waals surface area contributed by atoms with Gasteiger partial charge >= 0.3 is 0 Å². The summed E-state index contributed by atoms with van der Waals surface area (Å²) in [5, 5.41) is 0. The quantitative estimate of drug-likeness (QED) is 0.112. The predicted octanol–water partition coefficient (Wildman–Crippen LogP) is 8.83. The number of carbonyl (C=O) groups is 1. The molecule has 3 aromatic rings. The SMILES string of the molecule is CCCCCCCCCCCCOc1ccc(CN(Cc2cc[n+](CCC)cc2)C(=O)c2ccccc2)c(C)c1. The molecule has 40 heavy (non-hydrogen) atoms. The monoisotopic (exact) mass is 543 g/mol. The van der Waals surface area contributed by atoms with Gasteiger partial charge in [-0.05, 0) is 54.3 Å². The van der Waals surface area contributed by atoms with E-state index in [0.717, 1.165) is 48.4 Å². The number of ether oxygens (including phenoxy) is 1. The number of pyridine rings is 1. The number of aryl methyl sites for hydroxylation is 2. The molecule has 0 aliphatic heterocycles. The average molecular weight is 544 g/mol. The molecule has 4 nitrogen and oxygen atoms in total. The smallest absolute Gasteiger partial charge is 0.254 e. The van der Waals surface area contributed by atoms with E-state index < -0.39 is 0 Å². The number of hydrogen-bond donors (Lipinski definition) is 0. The van der Waals surface area contributed by atoms with E-state index in [1.165, 1.54) is 57.8 Å². The summed E-state index contributed by atoms with van der Waals surface area (Å²) in [7, 11) is 0. The van der Waals surface area contributed by atoms with Crippen LogP contribution in [0.5, 0.6) is 5.75 Å². The van der Waals surface area contributed by atoms with Crippen molar-refractivity contribution in [2.75, 3.05) is 6.61 Å². The molecule has 0 N–H and O–H groups in total. The highest BCUT2D eigenvalue weighted by Crippen LogP contribution is 2.21. The molecule has 216 valence electrons. The summed E-state index contributed by atoms with van der Waals surface area (Å²) < 4.78 is 8.27. The zero-order chi connectivity index (χ0) is 28.4. The minimum atomic E-state index is 0.0478. The third-order valence-electron chi connectivity index (χ3n) is 7.57. The summed E-state index contributed by atoms with van der Waals surface area (Å²) >= 11 is 0. The van der Waals surface area contributed by atoms with Crippen molar-refractivity contribution in [2.45, 2.75) is 111 Å². The first-order valence-electron chi connectivity index (χ1n) is 15.6. The molecular weight excluding hydrogens is 492 g/mol. The Balaban J connectivity index is 1.52. The van der Waals surface area contributed by atoms with E-state index in [-0.39, 0.29) is 5.91 Å². The van der Waals surface area contributed by atoms with Gasteiger partial charge in [0.05, 0.1) is 6.61 Å². The highest BCUT2D eigenvalue weighted by atomic mass is 16.5. The number of unbranched alkanes of at least 4 members (excludes halogenated alkanes) is 9. The second-order valence-electron chi connectivity index (χ2n) is 11.1. The Bertz CT molecular complexity index is 1110. The van der Waals surface area contributed by atoms with E-state index in [1.54, 1.807) is 0 Å². The van der Waals surface area contributed by atoms with Crippen LogP contribution in [0, 0.1) is 6.92 Å². The standard InChI is InChI=1S/C36H51N2O2/c1-4-6-7-8-9-10-11-12-13-17-27-40-35-21-20-34(31(3)28-35)30-38(36(39)33-18-15-14-16-19-33)29-32-22-25-37(24-5-2)26-23-32/h14-16,18-23,25-26,28H,4-13,17,24,27,29-30H2,1-3H3/q+1. The maximum atomic E-state index is 13.5. The zero-order valence-electron chi connectivity index (χ0n) is 25.2.